The molecule has 0 fully saturated rings. The van der Waals surface area contributed by atoms with Crippen LogP contribution < -0.4 is 10.6 Å². The van der Waals surface area contributed by atoms with Gasteiger partial charge in [0.2, 0.25) is 0 Å². The van der Waals surface area contributed by atoms with Crippen molar-refractivity contribution in [1.82, 2.24) is 15.1 Å². The predicted octanol–water partition coefficient (Wildman–Crippen LogP) is 2.43. The average molecular weight is 324 g/mol. The number of amides is 2. The molecular weight excluding hydrogens is 306 g/mol. The first-order valence-electron chi connectivity index (χ1n) is 7.21. The van der Waals surface area contributed by atoms with E-state index in [2.05, 4.69) is 15.7 Å². The number of carbonyl (C=O) groups is 1. The third-order valence-corrected chi connectivity index (χ3v) is 3.18. The van der Waals surface area contributed by atoms with E-state index in [0.717, 1.165) is 18.6 Å². The molecule has 6 nitrogen and oxygen atoms in total. The Morgan fingerprint density at radius 1 is 1.35 bits per heavy atom. The summed E-state index contributed by atoms with van der Waals surface area (Å²) >= 11 is 0. The SMILES string of the molecule is CCCn1nccc1NC(=O)NCC(O)c1c(F)cccc1F. The number of aliphatic hydroxyl groups excluding tert-OH is 1. The quantitative estimate of drug-likeness (QED) is 0.763. The van der Waals surface area contributed by atoms with Crippen LogP contribution in [0.5, 0.6) is 0 Å². The van der Waals surface area contributed by atoms with Crippen LogP contribution in [0.25, 0.3) is 0 Å². The zero-order chi connectivity index (χ0) is 16.8. The number of halogens is 2. The van der Waals surface area contributed by atoms with Gasteiger partial charge < -0.3 is 10.4 Å². The number of nitrogens with zero attached hydrogens (tertiary/aromatic N) is 2. The molecule has 1 aromatic heterocycles. The van der Waals surface area contributed by atoms with E-state index in [4.69, 9.17) is 0 Å². The molecule has 1 unspecified atom stereocenters. The molecule has 0 spiro atoms. The van der Waals surface area contributed by atoms with E-state index < -0.39 is 29.3 Å². The highest BCUT2D eigenvalue weighted by molar-refractivity contribution is 5.88. The molecule has 1 heterocycles. The van der Waals surface area contributed by atoms with E-state index in [1.165, 1.54) is 6.07 Å². The van der Waals surface area contributed by atoms with Crippen LogP contribution in [0, 0.1) is 11.6 Å². The van der Waals surface area contributed by atoms with Gasteiger partial charge in [0.1, 0.15) is 23.6 Å². The van der Waals surface area contributed by atoms with Gasteiger partial charge >= 0.3 is 6.03 Å². The van der Waals surface area contributed by atoms with Crippen molar-refractivity contribution >= 4 is 11.8 Å². The molecule has 0 bridgehead atoms. The molecule has 2 aromatic rings. The average Bonchev–Trinajstić information content (AvgIpc) is 2.92. The summed E-state index contributed by atoms with van der Waals surface area (Å²) in [6.07, 6.45) is 0.917. The number of nitrogens with one attached hydrogen (secondary N) is 2. The summed E-state index contributed by atoms with van der Waals surface area (Å²) in [5, 5.41) is 18.8. The molecule has 0 aliphatic carbocycles. The molecule has 8 heteroatoms. The normalized spacial score (nSPS) is 12.0. The van der Waals surface area contributed by atoms with Crippen molar-refractivity contribution in [3.63, 3.8) is 0 Å². The van der Waals surface area contributed by atoms with Crippen LogP contribution in [0.15, 0.2) is 30.5 Å². The van der Waals surface area contributed by atoms with Gasteiger partial charge in [0.25, 0.3) is 0 Å². The highest BCUT2D eigenvalue weighted by Crippen LogP contribution is 2.19. The predicted molar refractivity (Wildman–Crippen MR) is 80.9 cm³/mol. The fourth-order valence-electron chi connectivity index (χ4n) is 2.11. The van der Waals surface area contributed by atoms with E-state index in [9.17, 15) is 18.7 Å². The number of hydrogen-bond donors (Lipinski definition) is 3. The maximum atomic E-state index is 13.5. The molecule has 0 aliphatic rings. The molecule has 1 aromatic carbocycles. The largest absolute Gasteiger partial charge is 0.386 e. The van der Waals surface area contributed by atoms with Crippen LogP contribution in [-0.4, -0.2) is 27.5 Å². The third kappa shape index (κ3) is 4.26. The minimum atomic E-state index is -1.48. The maximum Gasteiger partial charge on any atom is 0.320 e. The minimum Gasteiger partial charge on any atom is -0.386 e. The number of aromatic nitrogens is 2. The molecule has 0 saturated carbocycles. The highest BCUT2D eigenvalue weighted by Gasteiger charge is 2.18. The molecule has 2 rings (SSSR count). The Bertz CT molecular complexity index is 655. The van der Waals surface area contributed by atoms with Crippen molar-refractivity contribution in [3.05, 3.63) is 47.7 Å². The van der Waals surface area contributed by atoms with Crippen LogP contribution in [0.2, 0.25) is 0 Å². The number of aliphatic hydroxyl groups is 1. The van der Waals surface area contributed by atoms with Crippen molar-refractivity contribution < 1.29 is 18.7 Å². The fourth-order valence-corrected chi connectivity index (χ4v) is 2.11. The van der Waals surface area contributed by atoms with Gasteiger partial charge in [-0.15, -0.1) is 0 Å². The number of carbonyl (C=O) groups excluding carboxylic acids is 1. The summed E-state index contributed by atoms with van der Waals surface area (Å²) in [6, 6.07) is 4.33. The number of hydrogen-bond acceptors (Lipinski definition) is 3. The number of anilines is 1. The molecule has 0 aliphatic heterocycles. The van der Waals surface area contributed by atoms with Crippen molar-refractivity contribution in [2.45, 2.75) is 26.0 Å². The lowest BCUT2D eigenvalue weighted by Gasteiger charge is -2.14. The van der Waals surface area contributed by atoms with Gasteiger partial charge in [0.05, 0.1) is 11.8 Å². The van der Waals surface area contributed by atoms with E-state index in [1.807, 2.05) is 6.92 Å². The Balaban J connectivity index is 1.92. The summed E-state index contributed by atoms with van der Waals surface area (Å²) in [5.74, 6) is -1.22. The first-order valence-corrected chi connectivity index (χ1v) is 7.21. The Labute approximate surface area is 132 Å². The number of benzene rings is 1. The van der Waals surface area contributed by atoms with Gasteiger partial charge in [0.15, 0.2) is 0 Å². The van der Waals surface area contributed by atoms with Crippen molar-refractivity contribution in [2.24, 2.45) is 0 Å². The number of rotatable bonds is 6. The first-order chi connectivity index (χ1) is 11.0. The summed E-state index contributed by atoms with van der Waals surface area (Å²) in [6.45, 7) is 2.29. The lowest BCUT2D eigenvalue weighted by Crippen LogP contribution is -2.33. The minimum absolute atomic E-state index is 0.328. The van der Waals surface area contributed by atoms with Gasteiger partial charge in [-0.2, -0.15) is 5.10 Å². The monoisotopic (exact) mass is 324 g/mol. The summed E-state index contributed by atoms with van der Waals surface area (Å²) < 4.78 is 28.7. The zero-order valence-corrected chi connectivity index (χ0v) is 12.6. The Morgan fingerprint density at radius 3 is 2.70 bits per heavy atom. The fraction of sp³-hybridized carbons (Fsp3) is 0.333. The Morgan fingerprint density at radius 2 is 2.04 bits per heavy atom. The van der Waals surface area contributed by atoms with Crippen molar-refractivity contribution in [2.75, 3.05) is 11.9 Å². The van der Waals surface area contributed by atoms with Crippen molar-refractivity contribution in [3.8, 4) is 0 Å². The van der Waals surface area contributed by atoms with E-state index in [-0.39, 0.29) is 6.54 Å². The van der Waals surface area contributed by atoms with E-state index in [1.54, 1.807) is 16.9 Å². The van der Waals surface area contributed by atoms with Crippen LogP contribution >= 0.6 is 0 Å². The molecule has 3 N–H and O–H groups in total. The molecule has 124 valence electrons. The van der Waals surface area contributed by atoms with Gasteiger partial charge in [-0.1, -0.05) is 13.0 Å². The lowest BCUT2D eigenvalue weighted by molar-refractivity contribution is 0.166. The summed E-state index contributed by atoms with van der Waals surface area (Å²) in [4.78, 5) is 11.8. The van der Waals surface area contributed by atoms with Crippen LogP contribution in [0.3, 0.4) is 0 Å². The molecular formula is C15H18F2N4O2. The van der Waals surface area contributed by atoms with Crippen molar-refractivity contribution in [1.29, 1.82) is 0 Å². The van der Waals surface area contributed by atoms with E-state index >= 15 is 0 Å². The van der Waals surface area contributed by atoms with E-state index in [0.29, 0.717) is 12.4 Å². The number of aryl methyl sites for hydroxylation is 1. The van der Waals surface area contributed by atoms with Crippen LogP contribution in [-0.2, 0) is 6.54 Å². The second kappa shape index (κ2) is 7.68. The molecule has 0 radical (unpaired) electrons. The Hall–Kier alpha value is -2.48. The summed E-state index contributed by atoms with van der Waals surface area (Å²) in [7, 11) is 0. The topological polar surface area (TPSA) is 79.2 Å². The van der Waals surface area contributed by atoms with Crippen LogP contribution in [0.4, 0.5) is 19.4 Å². The van der Waals surface area contributed by atoms with Crippen LogP contribution in [0.1, 0.15) is 25.0 Å². The maximum absolute atomic E-state index is 13.5. The standard InChI is InChI=1S/C15H18F2N4O2/c1-2-8-21-13(6-7-19-21)20-15(23)18-9-12(22)14-10(16)4-3-5-11(14)17/h3-7,12,22H,2,8-9H2,1H3,(H2,18,20,23). The first kappa shape index (κ1) is 16.9. The lowest BCUT2D eigenvalue weighted by atomic mass is 10.1. The smallest absolute Gasteiger partial charge is 0.320 e. The van der Waals surface area contributed by atoms with Gasteiger partial charge in [-0.25, -0.2) is 18.3 Å². The molecule has 0 saturated heterocycles. The second-order valence-corrected chi connectivity index (χ2v) is 4.93. The molecule has 1 atom stereocenters. The van der Waals surface area contributed by atoms with Gasteiger partial charge in [-0.05, 0) is 18.6 Å². The summed E-state index contributed by atoms with van der Waals surface area (Å²) in [5.41, 5.74) is -0.469. The molecule has 2 amide bonds. The third-order valence-electron chi connectivity index (χ3n) is 3.18. The highest BCUT2D eigenvalue weighted by atomic mass is 19.1. The zero-order valence-electron chi connectivity index (χ0n) is 12.6. The Kier molecular flexibility index (Phi) is 5.64. The molecule has 23 heavy (non-hydrogen) atoms. The second-order valence-electron chi connectivity index (χ2n) is 4.93. The van der Waals surface area contributed by atoms with Gasteiger partial charge in [0, 0.05) is 19.2 Å². The van der Waals surface area contributed by atoms with Gasteiger partial charge in [-0.3, -0.25) is 5.32 Å². The number of urea groups is 1.